The van der Waals surface area contributed by atoms with Crippen molar-refractivity contribution in [3.8, 4) is 0 Å². The second-order valence-corrected chi connectivity index (χ2v) is 11.0. The van der Waals surface area contributed by atoms with Crippen molar-refractivity contribution >= 4 is 50.7 Å². The summed E-state index contributed by atoms with van der Waals surface area (Å²) in [7, 11) is 0. The highest BCUT2D eigenvalue weighted by Crippen LogP contribution is 2.59. The molecule has 166 valence electrons. The van der Waals surface area contributed by atoms with E-state index in [0.717, 1.165) is 38.6 Å². The third kappa shape index (κ3) is 4.23. The van der Waals surface area contributed by atoms with Gasteiger partial charge in [-0.1, -0.05) is 53.0 Å². The summed E-state index contributed by atoms with van der Waals surface area (Å²) in [6, 6.07) is 18.2. The fourth-order valence-electron chi connectivity index (χ4n) is 5.81. The van der Waals surface area contributed by atoms with E-state index in [2.05, 4.69) is 53.2 Å². The number of benzene rings is 2. The quantitative estimate of drug-likeness (QED) is 0.324. The first-order valence-electron chi connectivity index (χ1n) is 10.9. The van der Waals surface area contributed by atoms with Crippen molar-refractivity contribution in [2.24, 2.45) is 11.8 Å². The lowest BCUT2D eigenvalue weighted by Crippen LogP contribution is -2.35. The molecular weight excluding hydrogens is 529 g/mol. The number of hydrogen-bond acceptors (Lipinski definition) is 2. The molecule has 1 saturated heterocycles. The Labute approximate surface area is 212 Å². The molecule has 2 aromatic carbocycles. The first kappa shape index (κ1) is 22.7. The average Bonchev–Trinajstić information content (AvgIpc) is 3.11. The highest BCUT2D eigenvalue weighted by molar-refractivity contribution is 9.10. The number of pyridine rings is 1. The molecule has 1 aromatic heterocycles. The standard InChI is InChI=1S/C26H23BrCl3NO/c1-14-24-21(26(32-14)15-2-5-17(28)6-3-15)10-9-20(19-8-7-18(29)12-22(19)30)25(24)23-11-4-16(27)13-31-23/h2-8,11-14,20-21,24-26H,9-10H2,1H3/t14-,20?,21-,24-,25-,26?/m1/s1. The van der Waals surface area contributed by atoms with Gasteiger partial charge in [0.05, 0.1) is 12.2 Å². The maximum absolute atomic E-state index is 6.70. The molecule has 2 fully saturated rings. The molecule has 32 heavy (non-hydrogen) atoms. The Balaban J connectivity index is 1.57. The molecule has 6 atom stereocenters. The summed E-state index contributed by atoms with van der Waals surface area (Å²) < 4.78 is 7.59. The molecule has 3 aromatic rings. The van der Waals surface area contributed by atoms with E-state index >= 15 is 0 Å². The summed E-state index contributed by atoms with van der Waals surface area (Å²) in [6.07, 6.45) is 4.14. The molecule has 0 bridgehead atoms. The minimum absolute atomic E-state index is 0.0619. The molecule has 1 saturated carbocycles. The lowest BCUT2D eigenvalue weighted by atomic mass is 9.61. The van der Waals surface area contributed by atoms with Crippen molar-refractivity contribution in [2.75, 3.05) is 0 Å². The lowest BCUT2D eigenvalue weighted by Gasteiger charge is -2.42. The minimum Gasteiger partial charge on any atom is -0.370 e. The average molecular weight is 552 g/mol. The number of hydrogen-bond donors (Lipinski definition) is 0. The first-order valence-corrected chi connectivity index (χ1v) is 12.8. The highest BCUT2D eigenvalue weighted by atomic mass is 79.9. The largest absolute Gasteiger partial charge is 0.370 e. The van der Waals surface area contributed by atoms with Crippen LogP contribution in [0.5, 0.6) is 0 Å². The number of ether oxygens (including phenoxy) is 1. The SMILES string of the molecule is C[C@H]1OC(c2ccc(Cl)cc2)[C@@H]2CCC(c3ccc(Cl)cc3Cl)[C@H](c3ccc(Br)cn3)[C@H]12. The van der Waals surface area contributed by atoms with Gasteiger partial charge in [0.25, 0.3) is 0 Å². The van der Waals surface area contributed by atoms with Crippen molar-refractivity contribution in [2.45, 2.75) is 43.8 Å². The molecule has 2 aliphatic rings. The Hall–Kier alpha value is -1.10. The molecule has 1 aliphatic heterocycles. The summed E-state index contributed by atoms with van der Waals surface area (Å²) in [5.74, 6) is 1.19. The molecular formula is C26H23BrCl3NO. The maximum atomic E-state index is 6.70. The van der Waals surface area contributed by atoms with E-state index in [1.54, 1.807) is 0 Å². The lowest BCUT2D eigenvalue weighted by molar-refractivity contribution is 0.0374. The maximum Gasteiger partial charge on any atom is 0.0860 e. The van der Waals surface area contributed by atoms with Crippen LogP contribution in [0.1, 0.15) is 54.5 Å². The summed E-state index contributed by atoms with van der Waals surface area (Å²) in [6.45, 7) is 2.20. The van der Waals surface area contributed by atoms with Crippen molar-refractivity contribution in [1.82, 2.24) is 4.98 Å². The molecule has 0 amide bonds. The van der Waals surface area contributed by atoms with Crippen LogP contribution in [0.15, 0.2) is 65.3 Å². The van der Waals surface area contributed by atoms with Gasteiger partial charge in [-0.15, -0.1) is 0 Å². The fraction of sp³-hybridized carbons (Fsp3) is 0.346. The highest BCUT2D eigenvalue weighted by Gasteiger charge is 2.52. The van der Waals surface area contributed by atoms with Gasteiger partial charge in [0.15, 0.2) is 0 Å². The van der Waals surface area contributed by atoms with Crippen molar-refractivity contribution in [1.29, 1.82) is 0 Å². The van der Waals surface area contributed by atoms with Gasteiger partial charge in [0, 0.05) is 37.3 Å². The molecule has 5 rings (SSSR count). The molecule has 2 nitrogen and oxygen atoms in total. The van der Waals surface area contributed by atoms with Crippen LogP contribution in [0.4, 0.5) is 0 Å². The van der Waals surface area contributed by atoms with Gasteiger partial charge in [-0.2, -0.15) is 0 Å². The van der Waals surface area contributed by atoms with Gasteiger partial charge in [-0.3, -0.25) is 4.98 Å². The third-order valence-electron chi connectivity index (χ3n) is 7.10. The van der Waals surface area contributed by atoms with E-state index in [1.165, 1.54) is 5.56 Å². The fourth-order valence-corrected chi connectivity index (χ4v) is 6.72. The Bertz CT molecular complexity index is 1110. The Morgan fingerprint density at radius 2 is 1.69 bits per heavy atom. The number of aromatic nitrogens is 1. The number of fused-ring (bicyclic) bond motifs is 1. The minimum atomic E-state index is 0.0619. The smallest absolute Gasteiger partial charge is 0.0860 e. The van der Waals surface area contributed by atoms with Crippen LogP contribution in [0, 0.1) is 11.8 Å². The molecule has 0 radical (unpaired) electrons. The molecule has 2 heterocycles. The van der Waals surface area contributed by atoms with Crippen molar-refractivity contribution in [3.63, 3.8) is 0 Å². The van der Waals surface area contributed by atoms with Gasteiger partial charge in [-0.25, -0.2) is 0 Å². The van der Waals surface area contributed by atoms with Crippen LogP contribution in [-0.2, 0) is 4.74 Å². The van der Waals surface area contributed by atoms with Crippen LogP contribution in [-0.4, -0.2) is 11.1 Å². The van der Waals surface area contributed by atoms with E-state index in [0.29, 0.717) is 16.9 Å². The summed E-state index contributed by atoms with van der Waals surface area (Å²) >= 11 is 22.6. The molecule has 2 unspecified atom stereocenters. The molecule has 0 spiro atoms. The van der Waals surface area contributed by atoms with Gasteiger partial charge >= 0.3 is 0 Å². The zero-order valence-corrected chi connectivity index (χ0v) is 21.4. The first-order chi connectivity index (χ1) is 15.4. The van der Waals surface area contributed by atoms with Crippen LogP contribution in [0.3, 0.4) is 0 Å². The Morgan fingerprint density at radius 1 is 0.938 bits per heavy atom. The second kappa shape index (κ2) is 9.27. The number of rotatable bonds is 3. The predicted molar refractivity (Wildman–Crippen MR) is 135 cm³/mol. The van der Waals surface area contributed by atoms with Gasteiger partial charge < -0.3 is 4.74 Å². The second-order valence-electron chi connectivity index (χ2n) is 8.83. The normalized spacial score (nSPS) is 29.7. The number of halogens is 4. The van der Waals surface area contributed by atoms with Gasteiger partial charge in [-0.05, 0) is 101 Å². The summed E-state index contributed by atoms with van der Waals surface area (Å²) in [5.41, 5.74) is 3.43. The van der Waals surface area contributed by atoms with Crippen molar-refractivity contribution in [3.05, 3.63) is 97.2 Å². The Morgan fingerprint density at radius 3 is 2.38 bits per heavy atom. The Kier molecular flexibility index (Phi) is 6.57. The zero-order chi connectivity index (χ0) is 22.4. The van der Waals surface area contributed by atoms with E-state index < -0.39 is 0 Å². The monoisotopic (exact) mass is 549 g/mol. The van der Waals surface area contributed by atoms with Crippen LogP contribution in [0.25, 0.3) is 0 Å². The van der Waals surface area contributed by atoms with Gasteiger partial charge in [0.2, 0.25) is 0 Å². The van der Waals surface area contributed by atoms with Crippen molar-refractivity contribution < 1.29 is 4.74 Å². The van der Waals surface area contributed by atoms with E-state index in [9.17, 15) is 0 Å². The van der Waals surface area contributed by atoms with Crippen LogP contribution >= 0.6 is 50.7 Å². The van der Waals surface area contributed by atoms with Crippen LogP contribution in [0.2, 0.25) is 15.1 Å². The summed E-state index contributed by atoms with van der Waals surface area (Å²) in [5, 5.41) is 2.13. The zero-order valence-electron chi connectivity index (χ0n) is 17.5. The molecule has 1 aliphatic carbocycles. The van der Waals surface area contributed by atoms with Crippen LogP contribution < -0.4 is 0 Å². The molecule has 6 heteroatoms. The van der Waals surface area contributed by atoms with Gasteiger partial charge in [0.1, 0.15) is 0 Å². The third-order valence-corrected chi connectivity index (χ3v) is 8.38. The molecule has 0 N–H and O–H groups in total. The summed E-state index contributed by atoms with van der Waals surface area (Å²) in [4.78, 5) is 4.84. The van der Waals surface area contributed by atoms with E-state index in [4.69, 9.17) is 44.5 Å². The topological polar surface area (TPSA) is 22.1 Å². The number of nitrogens with zero attached hydrogens (tertiary/aromatic N) is 1. The van der Waals surface area contributed by atoms with E-state index in [1.807, 2.05) is 30.5 Å². The van der Waals surface area contributed by atoms with E-state index in [-0.39, 0.29) is 24.0 Å². The predicted octanol–water partition coefficient (Wildman–Crippen LogP) is 8.86.